The number of hydrogen-bond acceptors (Lipinski definition) is 5. The maximum atomic E-state index is 5.43. The van der Waals surface area contributed by atoms with Crippen LogP contribution in [-0.4, -0.2) is 26.3 Å². The highest BCUT2D eigenvalue weighted by molar-refractivity contribution is 5.35. The van der Waals surface area contributed by atoms with Gasteiger partial charge in [-0.25, -0.2) is 9.97 Å². The van der Waals surface area contributed by atoms with Gasteiger partial charge in [-0.3, -0.25) is 4.68 Å². The van der Waals surface area contributed by atoms with Gasteiger partial charge in [0.05, 0.1) is 25.1 Å². The summed E-state index contributed by atoms with van der Waals surface area (Å²) in [6.07, 6.45) is 6.98. The van der Waals surface area contributed by atoms with E-state index in [1.165, 1.54) is 6.20 Å². The third-order valence-electron chi connectivity index (χ3n) is 2.08. The smallest absolute Gasteiger partial charge is 0.144 e. The Labute approximate surface area is 93.5 Å². The molecule has 0 aliphatic heterocycles. The van der Waals surface area contributed by atoms with Crippen molar-refractivity contribution >= 4 is 11.6 Å². The Bertz CT molecular complexity index is 447. The van der Waals surface area contributed by atoms with E-state index in [2.05, 4.69) is 20.4 Å². The average Bonchev–Trinajstić information content (AvgIpc) is 2.67. The SMILES string of the molecule is Cc1cnn(CCNc2cnc(N)cn2)c1. The Balaban J connectivity index is 1.82. The second kappa shape index (κ2) is 4.61. The van der Waals surface area contributed by atoms with Gasteiger partial charge >= 0.3 is 0 Å². The second-order valence-electron chi connectivity index (χ2n) is 3.53. The lowest BCUT2D eigenvalue weighted by atomic mass is 10.4. The summed E-state index contributed by atoms with van der Waals surface area (Å²) >= 11 is 0. The van der Waals surface area contributed by atoms with Crippen LogP contribution in [0.15, 0.2) is 24.8 Å². The Morgan fingerprint density at radius 2 is 2.19 bits per heavy atom. The number of nitrogens with two attached hydrogens (primary N) is 1. The molecule has 0 amide bonds. The van der Waals surface area contributed by atoms with E-state index in [0.29, 0.717) is 5.82 Å². The second-order valence-corrected chi connectivity index (χ2v) is 3.53. The molecule has 0 aliphatic rings. The lowest BCUT2D eigenvalue weighted by Crippen LogP contribution is -2.11. The van der Waals surface area contributed by atoms with Gasteiger partial charge in [-0.2, -0.15) is 5.10 Å². The average molecular weight is 218 g/mol. The van der Waals surface area contributed by atoms with Crippen molar-refractivity contribution in [2.45, 2.75) is 13.5 Å². The molecule has 0 spiro atoms. The topological polar surface area (TPSA) is 81.7 Å². The molecule has 0 unspecified atom stereocenters. The van der Waals surface area contributed by atoms with Crippen molar-refractivity contribution < 1.29 is 0 Å². The number of nitrogens with one attached hydrogen (secondary N) is 1. The Kier molecular flexibility index (Phi) is 3.00. The van der Waals surface area contributed by atoms with Crippen molar-refractivity contribution in [2.24, 2.45) is 0 Å². The van der Waals surface area contributed by atoms with E-state index in [0.717, 1.165) is 24.5 Å². The molecule has 0 aliphatic carbocycles. The van der Waals surface area contributed by atoms with Crippen molar-refractivity contribution in [2.75, 3.05) is 17.6 Å². The van der Waals surface area contributed by atoms with Gasteiger partial charge in [0.2, 0.25) is 0 Å². The minimum atomic E-state index is 0.424. The summed E-state index contributed by atoms with van der Waals surface area (Å²) in [6.45, 7) is 3.56. The highest BCUT2D eigenvalue weighted by atomic mass is 15.3. The molecular weight excluding hydrogens is 204 g/mol. The van der Waals surface area contributed by atoms with Crippen LogP contribution in [0.25, 0.3) is 0 Å². The molecular formula is C10H14N6. The van der Waals surface area contributed by atoms with Crippen molar-refractivity contribution in [3.63, 3.8) is 0 Å². The molecule has 6 nitrogen and oxygen atoms in total. The van der Waals surface area contributed by atoms with Crippen LogP contribution in [0.5, 0.6) is 0 Å². The quantitative estimate of drug-likeness (QED) is 0.788. The maximum absolute atomic E-state index is 5.43. The van der Waals surface area contributed by atoms with Gasteiger partial charge in [-0.15, -0.1) is 0 Å². The molecule has 2 aromatic heterocycles. The first kappa shape index (κ1) is 10.4. The molecule has 0 saturated heterocycles. The standard InChI is InChI=1S/C10H14N6/c1-8-4-15-16(7-8)3-2-12-10-6-13-9(11)5-14-10/h4-7H,2-3H2,1H3,(H2,11,13)(H,12,14). The normalized spacial score (nSPS) is 10.3. The fourth-order valence-electron chi connectivity index (χ4n) is 1.32. The van der Waals surface area contributed by atoms with Crippen molar-refractivity contribution in [1.82, 2.24) is 19.7 Å². The monoisotopic (exact) mass is 218 g/mol. The highest BCUT2D eigenvalue weighted by Crippen LogP contribution is 2.01. The molecule has 3 N–H and O–H groups in total. The Morgan fingerprint density at radius 3 is 2.81 bits per heavy atom. The molecule has 6 heteroatoms. The van der Waals surface area contributed by atoms with E-state index in [-0.39, 0.29) is 0 Å². The van der Waals surface area contributed by atoms with Crippen LogP contribution >= 0.6 is 0 Å². The lowest BCUT2D eigenvalue weighted by Gasteiger charge is -2.05. The summed E-state index contributed by atoms with van der Waals surface area (Å²) in [6, 6.07) is 0. The van der Waals surface area contributed by atoms with Crippen LogP contribution in [0.1, 0.15) is 5.56 Å². The van der Waals surface area contributed by atoms with Crippen molar-refractivity contribution in [1.29, 1.82) is 0 Å². The molecule has 0 aromatic carbocycles. The zero-order valence-electron chi connectivity index (χ0n) is 9.09. The first-order valence-corrected chi connectivity index (χ1v) is 5.04. The van der Waals surface area contributed by atoms with E-state index in [4.69, 9.17) is 5.73 Å². The zero-order chi connectivity index (χ0) is 11.4. The first-order valence-electron chi connectivity index (χ1n) is 5.04. The number of nitrogens with zero attached hydrogens (tertiary/aromatic N) is 4. The number of aromatic nitrogens is 4. The number of nitrogen functional groups attached to an aromatic ring is 1. The third-order valence-corrected chi connectivity index (χ3v) is 2.08. The van der Waals surface area contributed by atoms with Crippen molar-refractivity contribution in [3.05, 3.63) is 30.4 Å². The van der Waals surface area contributed by atoms with Crippen molar-refractivity contribution in [3.8, 4) is 0 Å². The van der Waals surface area contributed by atoms with Gasteiger partial charge in [0.25, 0.3) is 0 Å². The van der Waals surface area contributed by atoms with E-state index in [1.54, 1.807) is 6.20 Å². The van der Waals surface area contributed by atoms with Gasteiger partial charge in [0, 0.05) is 12.7 Å². The number of anilines is 2. The lowest BCUT2D eigenvalue weighted by molar-refractivity contribution is 0.636. The molecule has 0 saturated carbocycles. The molecule has 0 fully saturated rings. The van der Waals surface area contributed by atoms with Crippen LogP contribution in [0, 0.1) is 6.92 Å². The fourth-order valence-corrected chi connectivity index (χ4v) is 1.32. The number of aryl methyl sites for hydroxylation is 1. The fraction of sp³-hybridized carbons (Fsp3) is 0.300. The molecule has 0 atom stereocenters. The summed E-state index contributed by atoms with van der Waals surface area (Å²) in [7, 11) is 0. The van der Waals surface area contributed by atoms with Crippen LogP contribution in [-0.2, 0) is 6.54 Å². The Hall–Kier alpha value is -2.11. The Morgan fingerprint density at radius 1 is 1.31 bits per heavy atom. The van der Waals surface area contributed by atoms with Crippen LogP contribution in [0.2, 0.25) is 0 Å². The third kappa shape index (κ3) is 2.69. The summed E-state index contributed by atoms with van der Waals surface area (Å²) in [5, 5.41) is 7.32. The van der Waals surface area contributed by atoms with Gasteiger partial charge in [-0.1, -0.05) is 0 Å². The molecule has 2 aromatic rings. The van der Waals surface area contributed by atoms with E-state index < -0.39 is 0 Å². The minimum absolute atomic E-state index is 0.424. The molecule has 2 heterocycles. The highest BCUT2D eigenvalue weighted by Gasteiger charge is 1.96. The first-order chi connectivity index (χ1) is 7.74. The molecule has 0 radical (unpaired) electrons. The molecule has 16 heavy (non-hydrogen) atoms. The molecule has 0 bridgehead atoms. The van der Waals surface area contributed by atoms with E-state index in [9.17, 15) is 0 Å². The summed E-state index contributed by atoms with van der Waals surface area (Å²) in [5.41, 5.74) is 6.59. The van der Waals surface area contributed by atoms with Gasteiger partial charge in [0.1, 0.15) is 11.6 Å². The van der Waals surface area contributed by atoms with Crippen LogP contribution in [0.3, 0.4) is 0 Å². The van der Waals surface area contributed by atoms with Gasteiger partial charge < -0.3 is 11.1 Å². The summed E-state index contributed by atoms with van der Waals surface area (Å²) in [5.74, 6) is 1.14. The minimum Gasteiger partial charge on any atom is -0.382 e. The summed E-state index contributed by atoms with van der Waals surface area (Å²) < 4.78 is 1.88. The van der Waals surface area contributed by atoms with Crippen LogP contribution < -0.4 is 11.1 Å². The zero-order valence-corrected chi connectivity index (χ0v) is 9.09. The van der Waals surface area contributed by atoms with Gasteiger partial charge in [-0.05, 0) is 12.5 Å². The predicted octanol–water partition coefficient (Wildman–Crippen LogP) is 0.676. The molecule has 84 valence electrons. The number of rotatable bonds is 4. The maximum Gasteiger partial charge on any atom is 0.144 e. The largest absolute Gasteiger partial charge is 0.382 e. The predicted molar refractivity (Wildman–Crippen MR) is 61.9 cm³/mol. The van der Waals surface area contributed by atoms with Gasteiger partial charge in [0.15, 0.2) is 0 Å². The van der Waals surface area contributed by atoms with E-state index in [1.807, 2.05) is 24.0 Å². The van der Waals surface area contributed by atoms with E-state index >= 15 is 0 Å². The molecule has 2 rings (SSSR count). The number of hydrogen-bond donors (Lipinski definition) is 2. The van der Waals surface area contributed by atoms with Crippen LogP contribution in [0.4, 0.5) is 11.6 Å². The summed E-state index contributed by atoms with van der Waals surface area (Å²) in [4.78, 5) is 8.03.